The van der Waals surface area contributed by atoms with Gasteiger partial charge in [-0.05, 0) is 55.2 Å². The molecule has 0 radical (unpaired) electrons. The van der Waals surface area contributed by atoms with Crippen LogP contribution in [0.15, 0.2) is 42.5 Å². The highest BCUT2D eigenvalue weighted by Crippen LogP contribution is 2.33. The monoisotopic (exact) mass is 477 g/mol. The number of anilines is 2. The molecule has 2 fully saturated rings. The van der Waals surface area contributed by atoms with Gasteiger partial charge in [-0.1, -0.05) is 12.1 Å². The van der Waals surface area contributed by atoms with Crippen molar-refractivity contribution in [3.63, 3.8) is 0 Å². The predicted octanol–water partition coefficient (Wildman–Crippen LogP) is 5.11. The third kappa shape index (κ3) is 6.55. The molecule has 168 valence electrons. The highest BCUT2D eigenvalue weighted by atomic mass is 35.5. The van der Waals surface area contributed by atoms with Crippen LogP contribution in [0.5, 0.6) is 5.75 Å². The van der Waals surface area contributed by atoms with Crippen LogP contribution < -0.4 is 9.80 Å². The maximum Gasteiger partial charge on any atom is 0.139 e. The SMILES string of the molecule is Cl.Cl.Cl.Oc1ccc(N2CCCCC2)cc1N1CCN(Cc2ccc(F)cc2)CC1. The Hall–Kier alpha value is -1.40. The first-order chi connectivity index (χ1) is 13.2. The number of halogens is 4. The molecule has 4 rings (SSSR count). The van der Waals surface area contributed by atoms with E-state index in [9.17, 15) is 9.50 Å². The molecule has 1 N–H and O–H groups in total. The molecule has 0 aliphatic carbocycles. The Labute approximate surface area is 197 Å². The molecule has 0 saturated carbocycles. The van der Waals surface area contributed by atoms with Crippen LogP contribution in [0.2, 0.25) is 0 Å². The second-order valence-electron chi connectivity index (χ2n) is 7.61. The molecule has 4 nitrogen and oxygen atoms in total. The third-order valence-corrected chi connectivity index (χ3v) is 5.71. The van der Waals surface area contributed by atoms with Crippen molar-refractivity contribution >= 4 is 48.6 Å². The summed E-state index contributed by atoms with van der Waals surface area (Å²) in [6, 6.07) is 12.8. The van der Waals surface area contributed by atoms with Crippen LogP contribution in [0.3, 0.4) is 0 Å². The van der Waals surface area contributed by atoms with E-state index in [1.807, 2.05) is 24.3 Å². The molecule has 30 heavy (non-hydrogen) atoms. The van der Waals surface area contributed by atoms with Gasteiger partial charge in [0, 0.05) is 51.5 Å². The molecule has 2 aliphatic rings. The van der Waals surface area contributed by atoms with Gasteiger partial charge in [0.25, 0.3) is 0 Å². The van der Waals surface area contributed by atoms with Crippen LogP contribution in [0.4, 0.5) is 15.8 Å². The quantitative estimate of drug-likeness (QED) is 0.661. The first-order valence-corrected chi connectivity index (χ1v) is 9.99. The molecule has 2 heterocycles. The minimum Gasteiger partial charge on any atom is -0.506 e. The van der Waals surface area contributed by atoms with Gasteiger partial charge in [-0.25, -0.2) is 4.39 Å². The molecule has 0 aromatic heterocycles. The molecule has 0 amide bonds. The van der Waals surface area contributed by atoms with Crippen molar-refractivity contribution in [2.24, 2.45) is 0 Å². The topological polar surface area (TPSA) is 30.0 Å². The summed E-state index contributed by atoms with van der Waals surface area (Å²) >= 11 is 0. The van der Waals surface area contributed by atoms with Crippen LogP contribution >= 0.6 is 37.2 Å². The molecule has 8 heteroatoms. The zero-order valence-electron chi connectivity index (χ0n) is 17.0. The molecular weight excluding hydrogens is 448 g/mol. The van der Waals surface area contributed by atoms with Crippen molar-refractivity contribution in [3.8, 4) is 5.75 Å². The van der Waals surface area contributed by atoms with E-state index in [-0.39, 0.29) is 43.0 Å². The van der Waals surface area contributed by atoms with Crippen LogP contribution in [0, 0.1) is 5.82 Å². The van der Waals surface area contributed by atoms with E-state index in [0.717, 1.165) is 57.1 Å². The van der Waals surface area contributed by atoms with Crippen molar-refractivity contribution in [1.29, 1.82) is 0 Å². The number of nitrogens with zero attached hydrogens (tertiary/aromatic N) is 3. The van der Waals surface area contributed by atoms with Gasteiger partial charge >= 0.3 is 0 Å². The van der Waals surface area contributed by atoms with Gasteiger partial charge in [0.1, 0.15) is 11.6 Å². The standard InChI is InChI=1S/C22H28FN3O.3ClH/c23-19-6-4-18(5-7-19)17-24-12-14-26(15-13-24)21-16-20(8-9-22(21)27)25-10-2-1-3-11-25;;;/h4-9,16,27H,1-3,10-15,17H2;3*1H. The minimum absolute atomic E-state index is 0. The lowest BCUT2D eigenvalue weighted by molar-refractivity contribution is 0.249. The fourth-order valence-electron chi connectivity index (χ4n) is 4.11. The second kappa shape index (κ2) is 12.5. The molecule has 0 bridgehead atoms. The van der Waals surface area contributed by atoms with Crippen LogP contribution in [-0.4, -0.2) is 49.3 Å². The van der Waals surface area contributed by atoms with Crippen molar-refractivity contribution in [2.45, 2.75) is 25.8 Å². The lowest BCUT2D eigenvalue weighted by Gasteiger charge is -2.37. The number of rotatable bonds is 4. The normalized spacial score (nSPS) is 16.8. The third-order valence-electron chi connectivity index (χ3n) is 5.71. The lowest BCUT2D eigenvalue weighted by Crippen LogP contribution is -2.46. The lowest BCUT2D eigenvalue weighted by atomic mass is 10.1. The van der Waals surface area contributed by atoms with Crippen LogP contribution in [-0.2, 0) is 6.54 Å². The molecule has 0 atom stereocenters. The summed E-state index contributed by atoms with van der Waals surface area (Å²) in [4.78, 5) is 7.09. The summed E-state index contributed by atoms with van der Waals surface area (Å²) in [5.74, 6) is 0.176. The minimum atomic E-state index is -0.187. The highest BCUT2D eigenvalue weighted by Gasteiger charge is 2.21. The highest BCUT2D eigenvalue weighted by molar-refractivity contribution is 5.86. The molecular formula is C22H31Cl3FN3O. The van der Waals surface area contributed by atoms with Gasteiger partial charge in [0.05, 0.1) is 5.69 Å². The van der Waals surface area contributed by atoms with E-state index in [1.54, 1.807) is 0 Å². The number of phenolic OH excluding ortho intramolecular Hbond substituents is 1. The summed E-state index contributed by atoms with van der Waals surface area (Å²) in [6.45, 7) is 6.70. The molecule has 2 aromatic carbocycles. The van der Waals surface area contributed by atoms with E-state index in [0.29, 0.717) is 5.75 Å². The van der Waals surface area contributed by atoms with E-state index in [1.165, 1.54) is 37.1 Å². The Kier molecular flexibility index (Phi) is 11.1. The maximum atomic E-state index is 13.1. The van der Waals surface area contributed by atoms with Crippen molar-refractivity contribution < 1.29 is 9.50 Å². The predicted molar refractivity (Wildman–Crippen MR) is 130 cm³/mol. The second-order valence-corrected chi connectivity index (χ2v) is 7.61. The Balaban J connectivity index is 0.00000150. The number of aromatic hydroxyl groups is 1. The number of benzene rings is 2. The maximum absolute atomic E-state index is 13.1. The van der Waals surface area contributed by atoms with Crippen LogP contribution in [0.25, 0.3) is 0 Å². The molecule has 2 aromatic rings. The fourth-order valence-corrected chi connectivity index (χ4v) is 4.11. The number of piperidine rings is 1. The Bertz CT molecular complexity index is 765. The number of piperazine rings is 1. The first kappa shape index (κ1) is 26.6. The summed E-state index contributed by atoms with van der Waals surface area (Å²) in [6.07, 6.45) is 3.81. The number of phenols is 1. The summed E-state index contributed by atoms with van der Waals surface area (Å²) in [5.41, 5.74) is 3.30. The van der Waals surface area contributed by atoms with Crippen LogP contribution in [0.1, 0.15) is 24.8 Å². The molecule has 2 saturated heterocycles. The van der Waals surface area contributed by atoms with Gasteiger partial charge in [-0.15, -0.1) is 37.2 Å². The Morgan fingerprint density at radius 2 is 1.37 bits per heavy atom. The molecule has 0 unspecified atom stereocenters. The van der Waals surface area contributed by atoms with Gasteiger partial charge in [0.15, 0.2) is 0 Å². The van der Waals surface area contributed by atoms with Gasteiger partial charge in [-0.3, -0.25) is 4.90 Å². The van der Waals surface area contributed by atoms with Crippen molar-refractivity contribution in [1.82, 2.24) is 4.90 Å². The van der Waals surface area contributed by atoms with Crippen molar-refractivity contribution in [3.05, 3.63) is 53.8 Å². The summed E-state index contributed by atoms with van der Waals surface area (Å²) in [5, 5.41) is 10.4. The smallest absolute Gasteiger partial charge is 0.139 e. The average molecular weight is 479 g/mol. The number of hydrogen-bond acceptors (Lipinski definition) is 4. The number of hydrogen-bond donors (Lipinski definition) is 1. The fraction of sp³-hybridized carbons (Fsp3) is 0.455. The largest absolute Gasteiger partial charge is 0.506 e. The van der Waals surface area contributed by atoms with E-state index < -0.39 is 0 Å². The zero-order valence-corrected chi connectivity index (χ0v) is 19.5. The summed E-state index contributed by atoms with van der Waals surface area (Å²) < 4.78 is 13.1. The Morgan fingerprint density at radius 3 is 2.00 bits per heavy atom. The zero-order chi connectivity index (χ0) is 18.6. The van der Waals surface area contributed by atoms with E-state index in [2.05, 4.69) is 20.8 Å². The van der Waals surface area contributed by atoms with Gasteiger partial charge < -0.3 is 14.9 Å². The van der Waals surface area contributed by atoms with E-state index in [4.69, 9.17) is 0 Å². The van der Waals surface area contributed by atoms with E-state index >= 15 is 0 Å². The average Bonchev–Trinajstić information content (AvgIpc) is 2.71. The molecule has 2 aliphatic heterocycles. The molecule has 0 spiro atoms. The van der Waals surface area contributed by atoms with Gasteiger partial charge in [-0.2, -0.15) is 0 Å². The van der Waals surface area contributed by atoms with Crippen molar-refractivity contribution in [2.75, 3.05) is 49.1 Å². The Morgan fingerprint density at radius 1 is 0.733 bits per heavy atom. The van der Waals surface area contributed by atoms with Gasteiger partial charge in [0.2, 0.25) is 0 Å². The first-order valence-electron chi connectivity index (χ1n) is 9.99. The summed E-state index contributed by atoms with van der Waals surface area (Å²) in [7, 11) is 0.